The number of nitrogens with two attached hydrogens (primary N) is 1. The molecule has 0 atom stereocenters. The number of azo groups is 1. The van der Waals surface area contributed by atoms with Gasteiger partial charge in [-0.25, -0.2) is 8.42 Å². The first-order valence-corrected chi connectivity index (χ1v) is 9.26. The smallest absolute Gasteiger partial charge is 0.180 e. The third-order valence-corrected chi connectivity index (χ3v) is 5.23. The third kappa shape index (κ3) is 3.76. The van der Waals surface area contributed by atoms with Crippen molar-refractivity contribution in [1.29, 1.82) is 0 Å². The maximum absolute atomic E-state index is 12.0. The van der Waals surface area contributed by atoms with Crippen molar-refractivity contribution in [3.05, 3.63) is 48.8 Å². The third-order valence-electron chi connectivity index (χ3n) is 3.54. The summed E-state index contributed by atoms with van der Waals surface area (Å²) >= 11 is 0. The van der Waals surface area contributed by atoms with Crippen LogP contribution in [0.1, 0.15) is 0 Å². The van der Waals surface area contributed by atoms with Gasteiger partial charge in [0.15, 0.2) is 21.3 Å². The summed E-state index contributed by atoms with van der Waals surface area (Å²) in [7, 11) is -3.57. The summed E-state index contributed by atoms with van der Waals surface area (Å²) in [5.74, 6) is -0.182. The molecule has 0 amide bonds. The van der Waals surface area contributed by atoms with Crippen LogP contribution in [0.15, 0.2) is 63.9 Å². The lowest BCUT2D eigenvalue weighted by atomic mass is 10.2. The highest BCUT2D eigenvalue weighted by atomic mass is 32.2. The molecule has 0 aliphatic heterocycles. The average Bonchev–Trinajstić information content (AvgIpc) is 3.01. The van der Waals surface area contributed by atoms with E-state index in [1.807, 2.05) is 0 Å². The highest BCUT2D eigenvalue weighted by Gasteiger charge is 2.15. The molecule has 0 saturated heterocycles. The van der Waals surface area contributed by atoms with Gasteiger partial charge in [-0.05, 0) is 30.3 Å². The van der Waals surface area contributed by atoms with Crippen LogP contribution in [0.2, 0.25) is 0 Å². The molecule has 0 radical (unpaired) electrons. The van der Waals surface area contributed by atoms with Gasteiger partial charge in [-0.15, -0.1) is 5.11 Å². The molecule has 1 aromatic carbocycles. The van der Waals surface area contributed by atoms with Crippen molar-refractivity contribution in [3.63, 3.8) is 0 Å². The Morgan fingerprint density at radius 3 is 2.65 bits per heavy atom. The van der Waals surface area contributed by atoms with Gasteiger partial charge in [0.05, 0.1) is 28.6 Å². The fourth-order valence-corrected chi connectivity index (χ4v) is 3.32. The molecule has 0 fully saturated rings. The molecule has 2 heterocycles. The maximum atomic E-state index is 12.0. The molecule has 134 valence electrons. The first-order chi connectivity index (χ1) is 12.5. The molecule has 0 unspecified atom stereocenters. The van der Waals surface area contributed by atoms with Crippen molar-refractivity contribution in [2.45, 2.75) is 4.90 Å². The predicted octanol–water partition coefficient (Wildman–Crippen LogP) is 2.24. The summed E-state index contributed by atoms with van der Waals surface area (Å²) in [5, 5.41) is 23.8. The number of nitrogens with one attached hydrogen (secondary N) is 1. The second-order valence-electron chi connectivity index (χ2n) is 5.31. The Bertz CT molecular complexity index is 1030. The van der Waals surface area contributed by atoms with Crippen molar-refractivity contribution in [2.24, 2.45) is 10.2 Å². The number of sulfone groups is 1. The number of aromatic amines is 1. The van der Waals surface area contributed by atoms with Crippen molar-refractivity contribution in [2.75, 3.05) is 18.1 Å². The number of aliphatic hydroxyl groups is 1. The number of aromatic nitrogens is 3. The Morgan fingerprint density at radius 1 is 1.15 bits per heavy atom. The van der Waals surface area contributed by atoms with Gasteiger partial charge in [0.1, 0.15) is 0 Å². The van der Waals surface area contributed by atoms with Crippen molar-refractivity contribution >= 4 is 27.0 Å². The molecule has 3 aromatic rings. The van der Waals surface area contributed by atoms with E-state index in [1.165, 1.54) is 12.1 Å². The van der Waals surface area contributed by atoms with Crippen LogP contribution in [-0.4, -0.2) is 41.1 Å². The Labute approximate surface area is 149 Å². The summed E-state index contributed by atoms with van der Waals surface area (Å²) in [4.78, 5) is 4.02. The number of aliphatic hydroxyl groups excluding tert-OH is 1. The molecule has 9 nitrogen and oxygen atoms in total. The van der Waals surface area contributed by atoms with Crippen molar-refractivity contribution in [1.82, 2.24) is 15.2 Å². The van der Waals surface area contributed by atoms with E-state index in [2.05, 4.69) is 25.4 Å². The SMILES string of the molecule is Nc1n[nH]c(-c2ccncc2)c1N=Nc1cccc(S(=O)(=O)CCO)c1. The second-order valence-corrected chi connectivity index (χ2v) is 7.42. The number of nitrogens with zero attached hydrogens (tertiary/aromatic N) is 4. The summed E-state index contributed by atoms with van der Waals surface area (Å²) in [6, 6.07) is 9.54. The zero-order valence-electron chi connectivity index (χ0n) is 13.6. The standard InChI is InChI=1S/C16H16N6O3S/c17-16-15(14(20-22-16)11-4-6-18-7-5-11)21-19-12-2-1-3-13(10-12)26(24,25)9-8-23/h1-7,10,23H,8-9H2,(H3,17,20,22). The molecular formula is C16H16N6O3S. The van der Waals surface area contributed by atoms with Gasteiger partial charge in [0, 0.05) is 18.0 Å². The second kappa shape index (κ2) is 7.42. The lowest BCUT2D eigenvalue weighted by Gasteiger charge is -2.03. The Morgan fingerprint density at radius 2 is 1.92 bits per heavy atom. The quantitative estimate of drug-likeness (QED) is 0.565. The lowest BCUT2D eigenvalue weighted by molar-refractivity contribution is 0.319. The molecule has 26 heavy (non-hydrogen) atoms. The Kier molecular flexibility index (Phi) is 5.05. The van der Waals surface area contributed by atoms with E-state index in [0.29, 0.717) is 17.1 Å². The minimum Gasteiger partial charge on any atom is -0.395 e. The number of hydrogen-bond acceptors (Lipinski definition) is 8. The Hall–Kier alpha value is -3.11. The number of anilines is 1. The van der Waals surface area contributed by atoms with E-state index in [-0.39, 0.29) is 16.5 Å². The fourth-order valence-electron chi connectivity index (χ4n) is 2.26. The molecule has 3 rings (SSSR count). The first-order valence-electron chi connectivity index (χ1n) is 7.61. The molecule has 0 aliphatic rings. The normalized spacial score (nSPS) is 11.9. The minimum atomic E-state index is -3.57. The lowest BCUT2D eigenvalue weighted by Crippen LogP contribution is -2.09. The van der Waals surface area contributed by atoms with Gasteiger partial charge in [-0.3, -0.25) is 10.1 Å². The molecule has 0 aliphatic carbocycles. The molecule has 0 bridgehead atoms. The number of H-pyrrole nitrogens is 1. The van der Waals surface area contributed by atoms with Crippen LogP contribution >= 0.6 is 0 Å². The Balaban J connectivity index is 1.94. The largest absolute Gasteiger partial charge is 0.395 e. The van der Waals surface area contributed by atoms with Crippen LogP contribution in [-0.2, 0) is 9.84 Å². The van der Waals surface area contributed by atoms with Crippen molar-refractivity contribution < 1.29 is 13.5 Å². The van der Waals surface area contributed by atoms with Gasteiger partial charge in [0.25, 0.3) is 0 Å². The first kappa shape index (κ1) is 17.7. The zero-order valence-corrected chi connectivity index (χ0v) is 14.4. The average molecular weight is 372 g/mol. The van der Waals surface area contributed by atoms with Crippen LogP contribution in [0.25, 0.3) is 11.3 Å². The minimum absolute atomic E-state index is 0.0672. The van der Waals surface area contributed by atoms with E-state index in [1.54, 1.807) is 36.7 Å². The number of hydrogen-bond donors (Lipinski definition) is 3. The topological polar surface area (TPSA) is 147 Å². The highest BCUT2D eigenvalue weighted by molar-refractivity contribution is 7.91. The summed E-state index contributed by atoms with van der Waals surface area (Å²) in [6.07, 6.45) is 3.26. The van der Waals surface area contributed by atoms with Gasteiger partial charge in [-0.1, -0.05) is 6.07 Å². The zero-order chi connectivity index (χ0) is 18.6. The maximum Gasteiger partial charge on any atom is 0.180 e. The molecule has 4 N–H and O–H groups in total. The molecule has 0 saturated carbocycles. The summed E-state index contributed by atoms with van der Waals surface area (Å²) in [5.41, 5.74) is 7.90. The number of pyridine rings is 1. The summed E-state index contributed by atoms with van der Waals surface area (Å²) in [6.45, 7) is -0.449. The van der Waals surface area contributed by atoms with Crippen molar-refractivity contribution in [3.8, 4) is 11.3 Å². The monoisotopic (exact) mass is 372 g/mol. The van der Waals surface area contributed by atoms with Gasteiger partial charge < -0.3 is 10.8 Å². The fraction of sp³-hybridized carbons (Fsp3) is 0.125. The van der Waals surface area contributed by atoms with Crippen LogP contribution in [0, 0.1) is 0 Å². The van der Waals surface area contributed by atoms with E-state index >= 15 is 0 Å². The number of nitrogen functional groups attached to an aromatic ring is 1. The van der Waals surface area contributed by atoms with E-state index in [4.69, 9.17) is 10.8 Å². The molecule has 0 spiro atoms. The van der Waals surface area contributed by atoms with Crippen LogP contribution in [0.3, 0.4) is 0 Å². The van der Waals surface area contributed by atoms with E-state index in [0.717, 1.165) is 5.56 Å². The van der Waals surface area contributed by atoms with Gasteiger partial charge >= 0.3 is 0 Å². The van der Waals surface area contributed by atoms with Gasteiger partial charge in [0.2, 0.25) is 0 Å². The van der Waals surface area contributed by atoms with E-state index in [9.17, 15) is 8.42 Å². The van der Waals surface area contributed by atoms with Crippen LogP contribution < -0.4 is 5.73 Å². The van der Waals surface area contributed by atoms with E-state index < -0.39 is 16.4 Å². The predicted molar refractivity (Wildman–Crippen MR) is 96.0 cm³/mol. The number of benzene rings is 1. The number of rotatable bonds is 6. The van der Waals surface area contributed by atoms with Crippen LogP contribution in [0.4, 0.5) is 17.2 Å². The molecule has 10 heteroatoms. The highest BCUT2D eigenvalue weighted by Crippen LogP contribution is 2.34. The molecule has 2 aromatic heterocycles. The van der Waals surface area contributed by atoms with Gasteiger partial charge in [-0.2, -0.15) is 10.2 Å². The van der Waals surface area contributed by atoms with Crippen LogP contribution in [0.5, 0.6) is 0 Å². The summed E-state index contributed by atoms with van der Waals surface area (Å²) < 4.78 is 24.1. The molecular weight excluding hydrogens is 356 g/mol.